The van der Waals surface area contributed by atoms with E-state index in [0.29, 0.717) is 18.3 Å². The van der Waals surface area contributed by atoms with Crippen LogP contribution in [0.25, 0.3) is 5.65 Å². The topological polar surface area (TPSA) is 56.5 Å². The molecule has 3 aromatic rings. The number of halogens is 2. The Balaban J connectivity index is 1.64. The van der Waals surface area contributed by atoms with E-state index in [0.717, 1.165) is 29.7 Å². The van der Waals surface area contributed by atoms with Crippen LogP contribution in [0.3, 0.4) is 0 Å². The average molecular weight is 371 g/mol. The highest BCUT2D eigenvalue weighted by Gasteiger charge is 2.27. The van der Waals surface area contributed by atoms with E-state index in [2.05, 4.69) is 9.97 Å². The molecule has 0 aliphatic heterocycles. The van der Waals surface area contributed by atoms with Crippen molar-refractivity contribution in [2.24, 2.45) is 0 Å². The van der Waals surface area contributed by atoms with Crippen LogP contribution >= 0.6 is 0 Å². The molecule has 0 radical (unpaired) electrons. The standard InChI is InChI=1S/C20H19F2N3O2/c1-2-27-18-9-12(10-25-11-16(13-6-7-13)24-20(18)25)8-17(26)14-4-3-5-15(23-14)19(21)22/h3-5,9-11,13,19H,2,6-8H2,1H3. The Hall–Kier alpha value is -2.83. The molecule has 0 atom stereocenters. The van der Waals surface area contributed by atoms with E-state index in [9.17, 15) is 13.6 Å². The number of carbonyl (C=O) groups is 1. The average Bonchev–Trinajstić information content (AvgIpc) is 3.41. The Bertz CT molecular complexity index is 996. The molecule has 0 aromatic carbocycles. The molecule has 4 rings (SSSR count). The van der Waals surface area contributed by atoms with Crippen molar-refractivity contribution in [2.45, 2.75) is 38.5 Å². The molecule has 0 saturated heterocycles. The smallest absolute Gasteiger partial charge is 0.280 e. The lowest BCUT2D eigenvalue weighted by Gasteiger charge is -2.09. The van der Waals surface area contributed by atoms with Crippen molar-refractivity contribution < 1.29 is 18.3 Å². The third-order valence-corrected chi connectivity index (χ3v) is 4.53. The molecule has 140 valence electrons. The summed E-state index contributed by atoms with van der Waals surface area (Å²) in [7, 11) is 0. The summed E-state index contributed by atoms with van der Waals surface area (Å²) in [5.74, 6) is 0.802. The molecule has 3 heterocycles. The first-order valence-corrected chi connectivity index (χ1v) is 8.97. The van der Waals surface area contributed by atoms with Crippen LogP contribution in [-0.4, -0.2) is 26.8 Å². The molecule has 5 nitrogen and oxygen atoms in total. The molecule has 1 saturated carbocycles. The fraction of sp³-hybridized carbons (Fsp3) is 0.350. The third kappa shape index (κ3) is 3.67. The van der Waals surface area contributed by atoms with E-state index in [1.54, 1.807) is 6.07 Å². The Morgan fingerprint density at radius 3 is 2.81 bits per heavy atom. The van der Waals surface area contributed by atoms with Gasteiger partial charge in [0, 0.05) is 24.7 Å². The maximum atomic E-state index is 12.8. The minimum Gasteiger partial charge on any atom is -0.490 e. The summed E-state index contributed by atoms with van der Waals surface area (Å²) >= 11 is 0. The van der Waals surface area contributed by atoms with Crippen molar-refractivity contribution in [3.05, 3.63) is 59.3 Å². The lowest BCUT2D eigenvalue weighted by Crippen LogP contribution is -2.09. The predicted molar refractivity (Wildman–Crippen MR) is 95.6 cm³/mol. The van der Waals surface area contributed by atoms with Gasteiger partial charge in [-0.15, -0.1) is 0 Å². The van der Waals surface area contributed by atoms with Gasteiger partial charge < -0.3 is 9.14 Å². The van der Waals surface area contributed by atoms with Crippen LogP contribution in [0.5, 0.6) is 5.75 Å². The van der Waals surface area contributed by atoms with Gasteiger partial charge in [0.2, 0.25) is 0 Å². The van der Waals surface area contributed by atoms with E-state index in [-0.39, 0.29) is 17.9 Å². The van der Waals surface area contributed by atoms with E-state index in [1.807, 2.05) is 23.7 Å². The van der Waals surface area contributed by atoms with Gasteiger partial charge in [-0.2, -0.15) is 0 Å². The number of aromatic nitrogens is 3. The molecule has 1 aliphatic rings. The number of fused-ring (bicyclic) bond motifs is 1. The van der Waals surface area contributed by atoms with Gasteiger partial charge in [0.05, 0.1) is 12.3 Å². The zero-order valence-electron chi connectivity index (χ0n) is 14.9. The molecule has 0 bridgehead atoms. The normalized spacial score (nSPS) is 14.1. The van der Waals surface area contributed by atoms with Crippen LogP contribution in [-0.2, 0) is 6.42 Å². The van der Waals surface area contributed by atoms with Crippen LogP contribution < -0.4 is 4.74 Å². The molecule has 0 spiro atoms. The SMILES string of the molecule is CCOc1cc(CC(=O)c2cccc(C(F)F)n2)cn2cc(C3CC3)nc12. The van der Waals surface area contributed by atoms with Crippen LogP contribution in [0.1, 0.15) is 59.5 Å². The zero-order chi connectivity index (χ0) is 19.0. The molecule has 0 unspecified atom stereocenters. The van der Waals surface area contributed by atoms with Gasteiger partial charge in [-0.05, 0) is 43.5 Å². The second-order valence-electron chi connectivity index (χ2n) is 6.66. The molecular weight excluding hydrogens is 352 g/mol. The monoisotopic (exact) mass is 371 g/mol. The van der Waals surface area contributed by atoms with Crippen molar-refractivity contribution >= 4 is 11.4 Å². The number of ether oxygens (including phenoxy) is 1. The predicted octanol–water partition coefficient (Wildman–Crippen LogP) is 4.37. The van der Waals surface area contributed by atoms with Crippen LogP contribution in [0.2, 0.25) is 0 Å². The van der Waals surface area contributed by atoms with Gasteiger partial charge in [-0.3, -0.25) is 4.79 Å². The van der Waals surface area contributed by atoms with Crippen LogP contribution in [0.15, 0.2) is 36.7 Å². The number of Topliss-reactive ketones (excluding diaryl/α,β-unsaturated/α-hetero) is 1. The highest BCUT2D eigenvalue weighted by atomic mass is 19.3. The van der Waals surface area contributed by atoms with E-state index in [1.165, 1.54) is 18.2 Å². The molecule has 1 aliphatic carbocycles. The third-order valence-electron chi connectivity index (χ3n) is 4.53. The first kappa shape index (κ1) is 17.6. The van der Waals surface area contributed by atoms with Crippen molar-refractivity contribution in [3.8, 4) is 5.75 Å². The summed E-state index contributed by atoms with van der Waals surface area (Å²) in [5.41, 5.74) is 2.13. The highest BCUT2D eigenvalue weighted by molar-refractivity contribution is 5.95. The van der Waals surface area contributed by atoms with Crippen molar-refractivity contribution in [2.75, 3.05) is 6.61 Å². The number of pyridine rings is 2. The number of carbonyl (C=O) groups excluding carboxylic acids is 1. The second kappa shape index (κ2) is 7.06. The summed E-state index contributed by atoms with van der Waals surface area (Å²) in [5, 5.41) is 0. The highest BCUT2D eigenvalue weighted by Crippen LogP contribution is 2.40. The van der Waals surface area contributed by atoms with Gasteiger partial charge in [-0.25, -0.2) is 18.7 Å². The largest absolute Gasteiger partial charge is 0.490 e. The summed E-state index contributed by atoms with van der Waals surface area (Å²) in [6.45, 7) is 2.37. The number of ketones is 1. The summed E-state index contributed by atoms with van der Waals surface area (Å²) in [4.78, 5) is 21.0. The molecule has 7 heteroatoms. The Morgan fingerprint density at radius 1 is 1.30 bits per heavy atom. The fourth-order valence-electron chi connectivity index (χ4n) is 3.08. The molecular formula is C20H19F2N3O2. The number of alkyl halides is 2. The minimum atomic E-state index is -2.70. The lowest BCUT2D eigenvalue weighted by molar-refractivity contribution is 0.0986. The number of imidazole rings is 1. The fourth-order valence-corrected chi connectivity index (χ4v) is 3.08. The number of rotatable bonds is 7. The van der Waals surface area contributed by atoms with Crippen molar-refractivity contribution in [1.29, 1.82) is 0 Å². The van der Waals surface area contributed by atoms with Crippen molar-refractivity contribution in [1.82, 2.24) is 14.4 Å². The summed E-state index contributed by atoms with van der Waals surface area (Å²) in [6.07, 6.45) is 3.44. The molecule has 0 N–H and O–H groups in total. The molecule has 1 fully saturated rings. The molecule has 27 heavy (non-hydrogen) atoms. The maximum absolute atomic E-state index is 12.8. The van der Waals surface area contributed by atoms with Gasteiger partial charge in [-0.1, -0.05) is 6.07 Å². The van der Waals surface area contributed by atoms with Crippen molar-refractivity contribution in [3.63, 3.8) is 0 Å². The maximum Gasteiger partial charge on any atom is 0.280 e. The Morgan fingerprint density at radius 2 is 2.11 bits per heavy atom. The zero-order valence-corrected chi connectivity index (χ0v) is 14.9. The molecule has 3 aromatic heterocycles. The minimum absolute atomic E-state index is 0.0372. The first-order valence-electron chi connectivity index (χ1n) is 8.97. The van der Waals surface area contributed by atoms with E-state index in [4.69, 9.17) is 4.74 Å². The number of hydrogen-bond donors (Lipinski definition) is 0. The quantitative estimate of drug-likeness (QED) is 0.579. The van der Waals surface area contributed by atoms with E-state index < -0.39 is 12.1 Å². The van der Waals surface area contributed by atoms with Gasteiger partial charge in [0.25, 0.3) is 6.43 Å². The Kier molecular flexibility index (Phi) is 4.59. The van der Waals surface area contributed by atoms with Gasteiger partial charge >= 0.3 is 0 Å². The van der Waals surface area contributed by atoms with E-state index >= 15 is 0 Å². The van der Waals surface area contributed by atoms with Crippen LogP contribution in [0, 0.1) is 0 Å². The van der Waals surface area contributed by atoms with Gasteiger partial charge in [0.1, 0.15) is 11.4 Å². The second-order valence-corrected chi connectivity index (χ2v) is 6.66. The lowest BCUT2D eigenvalue weighted by atomic mass is 10.1. The number of nitrogens with zero attached hydrogens (tertiary/aromatic N) is 3. The summed E-state index contributed by atoms with van der Waals surface area (Å²) < 4.78 is 33.2. The number of hydrogen-bond acceptors (Lipinski definition) is 4. The first-order chi connectivity index (χ1) is 13.0. The Labute approximate surface area is 155 Å². The van der Waals surface area contributed by atoms with Gasteiger partial charge in [0.15, 0.2) is 17.2 Å². The van der Waals surface area contributed by atoms with Crippen LogP contribution in [0.4, 0.5) is 8.78 Å². The summed E-state index contributed by atoms with van der Waals surface area (Å²) in [6, 6.07) is 5.88. The molecule has 0 amide bonds.